The number of carbonyl (C=O) groups excluding carboxylic acids is 2. The van der Waals surface area contributed by atoms with Gasteiger partial charge in [0.15, 0.2) is 8.32 Å². The van der Waals surface area contributed by atoms with Crippen LogP contribution in [0.1, 0.15) is 46.6 Å². The Hall–Kier alpha value is -1.78. The SMILES string of the molecule is COC[C@@H](C[C@@H](O)[C@H](C)[C@H](O)[C@@H](C)C(=O)N1C(=O)OC[C@H]1Cc1ccccc1)O[Si](C)(C)C(C)(C)C. The number of hydrogen-bond acceptors (Lipinski definition) is 7. The molecule has 2 rings (SSSR count). The van der Waals surface area contributed by atoms with E-state index in [2.05, 4.69) is 33.9 Å². The zero-order valence-electron chi connectivity index (χ0n) is 23.1. The molecular weight excluding hydrogens is 478 g/mol. The van der Waals surface area contributed by atoms with Gasteiger partial charge >= 0.3 is 6.09 Å². The molecule has 0 bridgehead atoms. The molecule has 1 fully saturated rings. The molecule has 2 N–H and O–H groups in total. The topological polar surface area (TPSA) is 106 Å². The summed E-state index contributed by atoms with van der Waals surface area (Å²) >= 11 is 0. The summed E-state index contributed by atoms with van der Waals surface area (Å²) in [4.78, 5) is 26.8. The highest BCUT2D eigenvalue weighted by atomic mass is 28.4. The predicted molar refractivity (Wildman–Crippen MR) is 141 cm³/mol. The molecule has 6 atom stereocenters. The third-order valence-electron chi connectivity index (χ3n) is 7.68. The zero-order valence-corrected chi connectivity index (χ0v) is 24.1. The number of hydrogen-bond donors (Lipinski definition) is 2. The minimum absolute atomic E-state index is 0.00334. The predicted octanol–water partition coefficient (Wildman–Crippen LogP) is 4.00. The third kappa shape index (κ3) is 7.61. The molecule has 36 heavy (non-hydrogen) atoms. The largest absolute Gasteiger partial charge is 0.447 e. The Labute approximate surface area is 217 Å². The Kier molecular flexibility index (Phi) is 10.7. The van der Waals surface area contributed by atoms with E-state index in [1.54, 1.807) is 21.0 Å². The van der Waals surface area contributed by atoms with Crippen LogP contribution >= 0.6 is 0 Å². The van der Waals surface area contributed by atoms with Crippen LogP contribution in [0.25, 0.3) is 0 Å². The molecule has 1 aromatic rings. The number of cyclic esters (lactones) is 1. The van der Waals surface area contributed by atoms with E-state index < -0.39 is 50.4 Å². The zero-order chi connectivity index (χ0) is 27.3. The molecular formula is C27H45NO7Si. The molecule has 204 valence electrons. The van der Waals surface area contributed by atoms with Crippen LogP contribution in [0, 0.1) is 11.8 Å². The number of ether oxygens (including phenoxy) is 2. The summed E-state index contributed by atoms with van der Waals surface area (Å²) in [7, 11) is -0.513. The number of methoxy groups -OCH3 is 1. The lowest BCUT2D eigenvalue weighted by Crippen LogP contribution is -2.49. The van der Waals surface area contributed by atoms with Crippen molar-refractivity contribution in [2.75, 3.05) is 20.3 Å². The van der Waals surface area contributed by atoms with Crippen LogP contribution in [0.15, 0.2) is 30.3 Å². The summed E-state index contributed by atoms with van der Waals surface area (Å²) in [6.45, 7) is 14.4. The Morgan fingerprint density at radius 2 is 1.81 bits per heavy atom. The van der Waals surface area contributed by atoms with Crippen LogP contribution in [0.5, 0.6) is 0 Å². The maximum absolute atomic E-state index is 13.3. The monoisotopic (exact) mass is 523 g/mol. The standard InChI is InChI=1S/C27H45NO7Si/c1-18(23(29)15-22(17-33-6)35-36(7,8)27(3,4)5)24(30)19(2)25(31)28-21(16-34-26(28)32)14-20-12-10-9-11-13-20/h9-13,18-19,21-24,29-30H,14-17H2,1-8H3/t18-,19+,21+,22+,23+,24-/m0/s1. The molecule has 1 aliphatic heterocycles. The molecule has 0 aliphatic carbocycles. The molecule has 0 spiro atoms. The van der Waals surface area contributed by atoms with E-state index in [1.807, 2.05) is 30.3 Å². The highest BCUT2D eigenvalue weighted by Gasteiger charge is 2.44. The first kappa shape index (κ1) is 30.4. The van der Waals surface area contributed by atoms with E-state index in [-0.39, 0.29) is 24.2 Å². The van der Waals surface area contributed by atoms with Gasteiger partial charge in [0.25, 0.3) is 0 Å². The molecule has 0 saturated carbocycles. The fourth-order valence-electron chi connectivity index (χ4n) is 4.23. The number of carbonyl (C=O) groups is 2. The Bertz CT molecular complexity index is 857. The lowest BCUT2D eigenvalue weighted by atomic mass is 9.86. The van der Waals surface area contributed by atoms with Crippen molar-refractivity contribution in [1.82, 2.24) is 4.90 Å². The van der Waals surface area contributed by atoms with Crippen LogP contribution < -0.4 is 0 Å². The van der Waals surface area contributed by atoms with E-state index in [9.17, 15) is 19.8 Å². The summed E-state index contributed by atoms with van der Waals surface area (Å²) < 4.78 is 17.0. The lowest BCUT2D eigenvalue weighted by molar-refractivity contribution is -0.139. The summed E-state index contributed by atoms with van der Waals surface area (Å²) in [5.74, 6) is -2.03. The number of imide groups is 1. The van der Waals surface area contributed by atoms with Gasteiger partial charge in [0.1, 0.15) is 6.61 Å². The van der Waals surface area contributed by atoms with Gasteiger partial charge < -0.3 is 24.1 Å². The molecule has 1 heterocycles. The van der Waals surface area contributed by atoms with Crippen molar-refractivity contribution in [3.8, 4) is 0 Å². The van der Waals surface area contributed by atoms with Crippen LogP contribution in [0.4, 0.5) is 4.79 Å². The number of rotatable bonds is 12. The fourth-order valence-corrected chi connectivity index (χ4v) is 5.58. The van der Waals surface area contributed by atoms with Crippen molar-refractivity contribution in [2.45, 2.75) is 89.9 Å². The second-order valence-corrected chi connectivity index (χ2v) is 16.3. The molecule has 2 amide bonds. The van der Waals surface area contributed by atoms with Crippen molar-refractivity contribution in [1.29, 1.82) is 0 Å². The minimum atomic E-state index is -2.10. The minimum Gasteiger partial charge on any atom is -0.447 e. The van der Waals surface area contributed by atoms with Gasteiger partial charge in [0.2, 0.25) is 5.91 Å². The Morgan fingerprint density at radius 1 is 1.19 bits per heavy atom. The maximum atomic E-state index is 13.3. The van der Waals surface area contributed by atoms with Crippen LogP contribution in [0.2, 0.25) is 18.1 Å². The van der Waals surface area contributed by atoms with Crippen molar-refractivity contribution < 1.29 is 33.7 Å². The number of amides is 2. The second-order valence-electron chi connectivity index (χ2n) is 11.5. The van der Waals surface area contributed by atoms with Gasteiger partial charge in [-0.1, -0.05) is 65.0 Å². The molecule has 1 saturated heterocycles. The maximum Gasteiger partial charge on any atom is 0.416 e. The summed E-state index contributed by atoms with van der Waals surface area (Å²) in [6, 6.07) is 9.14. The molecule has 1 aromatic carbocycles. The van der Waals surface area contributed by atoms with Gasteiger partial charge in [-0.25, -0.2) is 9.69 Å². The van der Waals surface area contributed by atoms with Gasteiger partial charge in [0, 0.05) is 19.4 Å². The van der Waals surface area contributed by atoms with Gasteiger partial charge in [-0.2, -0.15) is 0 Å². The Balaban J connectivity index is 2.06. The first-order chi connectivity index (χ1) is 16.7. The molecule has 9 heteroatoms. The quantitative estimate of drug-likeness (QED) is 0.399. The van der Waals surface area contributed by atoms with Crippen LogP contribution in [-0.2, 0) is 25.1 Å². The number of nitrogens with zero attached hydrogens (tertiary/aromatic N) is 1. The first-order valence-corrected chi connectivity index (χ1v) is 15.7. The Morgan fingerprint density at radius 3 is 2.36 bits per heavy atom. The summed E-state index contributed by atoms with van der Waals surface area (Å²) in [5, 5.41) is 22.0. The van der Waals surface area contributed by atoms with E-state index in [4.69, 9.17) is 13.9 Å². The second kappa shape index (κ2) is 12.6. The van der Waals surface area contributed by atoms with E-state index in [0.717, 1.165) is 10.5 Å². The molecule has 1 aliphatic rings. The first-order valence-electron chi connectivity index (χ1n) is 12.8. The van der Waals surface area contributed by atoms with E-state index in [0.29, 0.717) is 13.0 Å². The molecule has 8 nitrogen and oxygen atoms in total. The fraction of sp³-hybridized carbons (Fsp3) is 0.704. The van der Waals surface area contributed by atoms with E-state index in [1.165, 1.54) is 0 Å². The van der Waals surface area contributed by atoms with Crippen LogP contribution in [-0.4, -0.2) is 80.1 Å². The van der Waals surface area contributed by atoms with Crippen molar-refractivity contribution >= 4 is 20.3 Å². The smallest absolute Gasteiger partial charge is 0.416 e. The summed E-state index contributed by atoms with van der Waals surface area (Å²) in [5.41, 5.74) is 0.988. The lowest BCUT2D eigenvalue weighted by Gasteiger charge is -2.40. The van der Waals surface area contributed by atoms with Gasteiger partial charge in [-0.15, -0.1) is 0 Å². The molecule has 0 unspecified atom stereocenters. The van der Waals surface area contributed by atoms with Crippen LogP contribution in [0.3, 0.4) is 0 Å². The summed E-state index contributed by atoms with van der Waals surface area (Å²) in [6.07, 6.45) is -2.38. The average Bonchev–Trinajstić information content (AvgIpc) is 3.16. The molecule has 0 aromatic heterocycles. The van der Waals surface area contributed by atoms with E-state index >= 15 is 0 Å². The molecule has 0 radical (unpaired) electrons. The van der Waals surface area contributed by atoms with Crippen molar-refractivity contribution in [2.24, 2.45) is 11.8 Å². The van der Waals surface area contributed by atoms with Gasteiger partial charge in [-0.3, -0.25) is 4.79 Å². The normalized spacial score (nSPS) is 21.0. The highest BCUT2D eigenvalue weighted by molar-refractivity contribution is 6.74. The van der Waals surface area contributed by atoms with Gasteiger partial charge in [-0.05, 0) is 30.1 Å². The van der Waals surface area contributed by atoms with Gasteiger partial charge in [0.05, 0.1) is 36.9 Å². The number of aliphatic hydroxyl groups is 2. The highest BCUT2D eigenvalue weighted by Crippen LogP contribution is 2.38. The average molecular weight is 524 g/mol. The third-order valence-corrected chi connectivity index (χ3v) is 12.2. The number of benzene rings is 1. The van der Waals surface area contributed by atoms with Crippen molar-refractivity contribution in [3.05, 3.63) is 35.9 Å². The van der Waals surface area contributed by atoms with Crippen molar-refractivity contribution in [3.63, 3.8) is 0 Å². The number of aliphatic hydroxyl groups excluding tert-OH is 2.